The van der Waals surface area contributed by atoms with Gasteiger partial charge in [-0.25, -0.2) is 0 Å². The molecule has 0 aromatic rings. The molecule has 9 atom stereocenters. The van der Waals surface area contributed by atoms with Crippen molar-refractivity contribution in [1.29, 1.82) is 0 Å². The first-order valence-corrected chi connectivity index (χ1v) is 18.1. The number of halogens is 1. The van der Waals surface area contributed by atoms with Gasteiger partial charge >= 0.3 is 5.97 Å². The van der Waals surface area contributed by atoms with E-state index in [9.17, 15) is 24.3 Å². The third-order valence-corrected chi connectivity index (χ3v) is 10.0. The fraction of sp³-hybridized carbons (Fsp3) is 0.706. The van der Waals surface area contributed by atoms with Gasteiger partial charge in [0.15, 0.2) is 0 Å². The van der Waals surface area contributed by atoms with Crippen LogP contribution < -0.4 is 16.0 Å². The van der Waals surface area contributed by atoms with Gasteiger partial charge in [0.05, 0.1) is 41.8 Å². The SMILES string of the molecule is CC(=O)OC(C)C=CC(=O)N[C@@H]1C[C@H](C)[C@H](CC=C(C)C=C[C@H]2O[C@H](CC(=O)NC3CC(NC(=O)CI)C3)C[C@@]3(CO3)[C@@H]2O)O[C@@H]1C. The molecule has 4 N–H and O–H groups in total. The fourth-order valence-electron chi connectivity index (χ4n) is 6.50. The summed E-state index contributed by atoms with van der Waals surface area (Å²) in [4.78, 5) is 47.8. The van der Waals surface area contributed by atoms with E-state index in [1.807, 2.05) is 48.6 Å². The van der Waals surface area contributed by atoms with Crippen LogP contribution in [0.25, 0.3) is 0 Å². The van der Waals surface area contributed by atoms with Gasteiger partial charge in [-0.1, -0.05) is 53.3 Å². The minimum atomic E-state index is -0.825. The minimum absolute atomic E-state index is 0.00968. The molecule has 0 aromatic heterocycles. The number of hydrogen-bond donors (Lipinski definition) is 4. The molecule has 47 heavy (non-hydrogen) atoms. The smallest absolute Gasteiger partial charge is 0.303 e. The van der Waals surface area contributed by atoms with Crippen LogP contribution >= 0.6 is 22.6 Å². The molecular formula is C34H50IN3O9. The summed E-state index contributed by atoms with van der Waals surface area (Å²) in [7, 11) is 0. The van der Waals surface area contributed by atoms with Crippen LogP contribution in [0.5, 0.6) is 0 Å². The summed E-state index contributed by atoms with van der Waals surface area (Å²) in [6.45, 7) is 9.51. The Bertz CT molecular complexity index is 1230. The highest BCUT2D eigenvalue weighted by Crippen LogP contribution is 2.43. The van der Waals surface area contributed by atoms with E-state index in [1.54, 1.807) is 13.0 Å². The molecule has 0 bridgehead atoms. The number of ether oxygens (including phenoxy) is 4. The molecule has 3 amide bonds. The number of alkyl halides is 1. The van der Waals surface area contributed by atoms with E-state index in [0.29, 0.717) is 23.9 Å². The Morgan fingerprint density at radius 2 is 1.70 bits per heavy atom. The average molecular weight is 772 g/mol. The molecule has 1 aliphatic carbocycles. The van der Waals surface area contributed by atoms with Crippen LogP contribution in [0, 0.1) is 5.92 Å². The van der Waals surface area contributed by atoms with Crippen molar-refractivity contribution in [2.24, 2.45) is 5.92 Å². The summed E-state index contributed by atoms with van der Waals surface area (Å²) >= 11 is 2.03. The lowest BCUT2D eigenvalue weighted by atomic mass is 9.85. The Balaban J connectivity index is 1.23. The largest absolute Gasteiger partial charge is 0.459 e. The Labute approximate surface area is 290 Å². The maximum atomic E-state index is 12.8. The maximum Gasteiger partial charge on any atom is 0.303 e. The highest BCUT2D eigenvalue weighted by atomic mass is 127. The van der Waals surface area contributed by atoms with Crippen LogP contribution in [0.2, 0.25) is 0 Å². The molecule has 3 saturated heterocycles. The highest BCUT2D eigenvalue weighted by molar-refractivity contribution is 14.1. The number of hydrogen-bond acceptors (Lipinski definition) is 9. The van der Waals surface area contributed by atoms with Crippen LogP contribution in [-0.2, 0) is 38.1 Å². The summed E-state index contributed by atoms with van der Waals surface area (Å²) in [5.41, 5.74) is 0.317. The van der Waals surface area contributed by atoms with Gasteiger partial charge in [-0.3, -0.25) is 19.2 Å². The van der Waals surface area contributed by atoms with Crippen LogP contribution in [0.4, 0.5) is 0 Å². The fourth-order valence-corrected chi connectivity index (χ4v) is 6.72. The number of esters is 1. The van der Waals surface area contributed by atoms with E-state index < -0.39 is 29.9 Å². The van der Waals surface area contributed by atoms with Crippen LogP contribution in [0.1, 0.15) is 73.1 Å². The van der Waals surface area contributed by atoms with E-state index in [4.69, 9.17) is 18.9 Å². The first kappa shape index (κ1) is 37.5. The van der Waals surface area contributed by atoms with Crippen molar-refractivity contribution >= 4 is 46.3 Å². The molecular weight excluding hydrogens is 721 g/mol. The number of allylic oxidation sites excluding steroid dienone is 2. The minimum Gasteiger partial charge on any atom is -0.459 e. The normalized spacial score (nSPS) is 36.1. The molecule has 1 spiro atoms. The van der Waals surface area contributed by atoms with Gasteiger partial charge in [-0.2, -0.15) is 0 Å². The number of epoxide rings is 1. The summed E-state index contributed by atoms with van der Waals surface area (Å²) in [5.74, 6) is -0.545. The average Bonchev–Trinajstić information content (AvgIpc) is 3.76. The van der Waals surface area contributed by atoms with Gasteiger partial charge in [0.2, 0.25) is 17.7 Å². The molecule has 1 unspecified atom stereocenters. The van der Waals surface area contributed by atoms with Crippen LogP contribution in [0.15, 0.2) is 36.0 Å². The molecule has 4 rings (SSSR count). The van der Waals surface area contributed by atoms with Crippen molar-refractivity contribution < 1.29 is 43.2 Å². The third-order valence-electron chi connectivity index (χ3n) is 9.33. The molecule has 0 radical (unpaired) electrons. The quantitative estimate of drug-likeness (QED) is 0.0551. The van der Waals surface area contributed by atoms with E-state index in [0.717, 1.165) is 24.8 Å². The Hall–Kier alpha value is -2.33. The van der Waals surface area contributed by atoms with E-state index in [2.05, 4.69) is 29.0 Å². The molecule has 3 aliphatic heterocycles. The number of carbonyl (C=O) groups excluding carboxylic acids is 4. The number of rotatable bonds is 13. The molecule has 0 aromatic carbocycles. The van der Waals surface area contributed by atoms with Crippen LogP contribution in [0.3, 0.4) is 0 Å². The second-order valence-corrected chi connectivity index (χ2v) is 14.3. The van der Waals surface area contributed by atoms with Gasteiger partial charge in [0, 0.05) is 31.5 Å². The number of aliphatic hydroxyl groups excluding tert-OH is 1. The van der Waals surface area contributed by atoms with Crippen molar-refractivity contribution in [3.05, 3.63) is 36.0 Å². The van der Waals surface area contributed by atoms with Gasteiger partial charge in [-0.15, -0.1) is 0 Å². The predicted molar refractivity (Wildman–Crippen MR) is 182 cm³/mol. The lowest BCUT2D eigenvalue weighted by molar-refractivity contribution is -0.146. The van der Waals surface area contributed by atoms with Crippen molar-refractivity contribution in [3.63, 3.8) is 0 Å². The van der Waals surface area contributed by atoms with E-state index in [1.165, 1.54) is 13.0 Å². The van der Waals surface area contributed by atoms with Crippen molar-refractivity contribution in [2.75, 3.05) is 11.0 Å². The highest BCUT2D eigenvalue weighted by Gasteiger charge is 2.58. The number of amides is 3. The molecule has 1 saturated carbocycles. The molecule has 12 nitrogen and oxygen atoms in total. The molecule has 4 aliphatic rings. The van der Waals surface area contributed by atoms with Gasteiger partial charge in [-0.05, 0) is 58.4 Å². The lowest BCUT2D eigenvalue weighted by Gasteiger charge is -2.39. The summed E-state index contributed by atoms with van der Waals surface area (Å²) in [6.07, 6.45) is 9.85. The molecule has 4 fully saturated rings. The van der Waals surface area contributed by atoms with Gasteiger partial charge < -0.3 is 40.0 Å². The zero-order chi connectivity index (χ0) is 34.3. The second-order valence-electron chi connectivity index (χ2n) is 13.5. The first-order chi connectivity index (χ1) is 22.3. The zero-order valence-corrected chi connectivity index (χ0v) is 30.1. The van der Waals surface area contributed by atoms with E-state index >= 15 is 0 Å². The Morgan fingerprint density at radius 1 is 1.02 bits per heavy atom. The number of aliphatic hydroxyl groups is 1. The third kappa shape index (κ3) is 11.1. The maximum absolute atomic E-state index is 12.8. The topological polar surface area (TPSA) is 165 Å². The molecule has 13 heteroatoms. The first-order valence-electron chi connectivity index (χ1n) is 16.6. The Kier molecular flexibility index (Phi) is 13.4. The summed E-state index contributed by atoms with van der Waals surface area (Å²) in [5, 5.41) is 20.0. The van der Waals surface area contributed by atoms with Gasteiger partial charge in [0.1, 0.15) is 23.9 Å². The lowest BCUT2D eigenvalue weighted by Crippen LogP contribution is -2.55. The predicted octanol–water partition coefficient (Wildman–Crippen LogP) is 2.56. The summed E-state index contributed by atoms with van der Waals surface area (Å²) in [6, 6.07) is 0.0143. The van der Waals surface area contributed by atoms with Crippen molar-refractivity contribution in [1.82, 2.24) is 16.0 Å². The number of carbonyl (C=O) groups is 4. The number of nitrogens with one attached hydrogen (secondary N) is 3. The second kappa shape index (κ2) is 16.9. The van der Waals surface area contributed by atoms with Crippen LogP contribution in [-0.4, -0.2) is 100 Å². The zero-order valence-electron chi connectivity index (χ0n) is 27.9. The summed E-state index contributed by atoms with van der Waals surface area (Å²) < 4.78 is 23.6. The standard InChI is InChI=1S/C34H50IN3O9/c1-19(6-9-28-20(2)12-27(22(4)46-28)38-30(40)11-8-21(3)45-23(5)39)7-10-29-33(43)34(18-44-34)16-26(47-29)15-31(41)36-24-13-25(14-24)37-32(42)17-35/h6-8,10-11,20-22,24-29,33,43H,9,12-18H2,1-5H3,(H,36,41)(H,37,42)(H,38,40)/t20-,21?,22+,24?,25?,26+,27+,28-,29+,33+,34+/m0/s1. The molecule has 3 heterocycles. The van der Waals surface area contributed by atoms with E-state index in [-0.39, 0.29) is 66.5 Å². The molecule has 262 valence electrons. The van der Waals surface area contributed by atoms with Gasteiger partial charge in [0.25, 0.3) is 0 Å². The van der Waals surface area contributed by atoms with Crippen molar-refractivity contribution in [3.8, 4) is 0 Å². The Morgan fingerprint density at radius 3 is 2.34 bits per heavy atom. The monoisotopic (exact) mass is 771 g/mol. The van der Waals surface area contributed by atoms with Crippen molar-refractivity contribution in [2.45, 2.75) is 133 Å².